The Morgan fingerprint density at radius 1 is 1.30 bits per heavy atom. The van der Waals surface area contributed by atoms with E-state index in [-0.39, 0.29) is 0 Å². The first-order valence-corrected chi connectivity index (χ1v) is 9.81. The van der Waals surface area contributed by atoms with E-state index in [1.54, 1.807) is 0 Å². The van der Waals surface area contributed by atoms with E-state index in [2.05, 4.69) is 4.72 Å². The Morgan fingerprint density at radius 3 is 2.25 bits per heavy atom. The number of halogens is 1. The van der Waals surface area contributed by atoms with Crippen molar-refractivity contribution in [2.45, 2.75) is 61.9 Å². The normalized spacial score (nSPS) is 30.2. The van der Waals surface area contributed by atoms with Gasteiger partial charge in [-0.05, 0) is 33.6 Å². The first-order valence-electron chi connectivity index (χ1n) is 6.68. The van der Waals surface area contributed by atoms with Crippen LogP contribution in [0.2, 0.25) is 0 Å². The van der Waals surface area contributed by atoms with Crippen LogP contribution in [0.15, 0.2) is 0 Å². The minimum Gasteiger partial charge on any atom is -0.311 e. The van der Waals surface area contributed by atoms with Gasteiger partial charge in [0.2, 0.25) is 0 Å². The molecule has 0 aromatic heterocycles. The summed E-state index contributed by atoms with van der Waals surface area (Å²) >= 11 is 6.45. The van der Waals surface area contributed by atoms with Crippen LogP contribution in [-0.2, 0) is 24.6 Å². The molecule has 0 aromatic rings. The highest BCUT2D eigenvalue weighted by Gasteiger charge is 2.57. The third-order valence-corrected chi connectivity index (χ3v) is 8.72. The lowest BCUT2D eigenvalue weighted by atomic mass is 9.95. The van der Waals surface area contributed by atoms with Gasteiger partial charge in [0.15, 0.2) is 0 Å². The average Bonchev–Trinajstić information content (AvgIpc) is 2.39. The second kappa shape index (κ2) is 6.76. The third-order valence-electron chi connectivity index (χ3n) is 3.58. The molecule has 20 heavy (non-hydrogen) atoms. The number of hydrogen-bond acceptors (Lipinski definition) is 4. The Labute approximate surface area is 129 Å². The van der Waals surface area contributed by atoms with Crippen molar-refractivity contribution in [3.8, 4) is 0 Å². The van der Waals surface area contributed by atoms with Gasteiger partial charge in [-0.1, -0.05) is 12.8 Å². The summed E-state index contributed by atoms with van der Waals surface area (Å²) in [5.41, 5.74) is 0. The van der Waals surface area contributed by atoms with Gasteiger partial charge in [0.1, 0.15) is 5.28 Å². The van der Waals surface area contributed by atoms with Crippen LogP contribution in [-0.4, -0.2) is 33.8 Å². The molecule has 0 aliphatic heterocycles. The average molecular weight is 346 g/mol. The molecule has 1 rings (SSSR count). The lowest BCUT2D eigenvalue weighted by molar-refractivity contribution is 0.218. The zero-order chi connectivity index (χ0) is 15.6. The molecule has 0 spiro atoms. The zero-order valence-corrected chi connectivity index (χ0v) is 15.2. The summed E-state index contributed by atoms with van der Waals surface area (Å²) in [7, 11) is -2.24. The maximum atomic E-state index is 13.0. The van der Waals surface area contributed by atoms with Crippen molar-refractivity contribution in [1.82, 2.24) is 4.72 Å². The quantitative estimate of drug-likeness (QED) is 0.612. The van der Waals surface area contributed by atoms with Gasteiger partial charge in [0, 0.05) is 14.2 Å². The van der Waals surface area contributed by atoms with Gasteiger partial charge in [-0.15, -0.1) is 11.6 Å². The molecule has 0 heterocycles. The van der Waals surface area contributed by atoms with Crippen LogP contribution in [0.5, 0.6) is 0 Å². The van der Waals surface area contributed by atoms with Gasteiger partial charge in [-0.3, -0.25) is 4.57 Å². The molecule has 0 saturated heterocycles. The molecule has 2 unspecified atom stereocenters. The predicted molar refractivity (Wildman–Crippen MR) is 83.5 cm³/mol. The number of nitrogens with one attached hydrogen (secondary N) is 1. The molecule has 1 aliphatic carbocycles. The second-order valence-electron chi connectivity index (χ2n) is 5.98. The molecule has 0 amide bonds. The number of rotatable bonds is 5. The summed E-state index contributed by atoms with van der Waals surface area (Å²) in [6.45, 7) is 5.54. The lowest BCUT2D eigenvalue weighted by Crippen LogP contribution is -2.57. The van der Waals surface area contributed by atoms with Crippen molar-refractivity contribution >= 4 is 30.2 Å². The molecular weight excluding hydrogens is 321 g/mol. The van der Waals surface area contributed by atoms with Crippen LogP contribution in [0.3, 0.4) is 0 Å². The Balaban J connectivity index is 3.21. The van der Waals surface area contributed by atoms with Gasteiger partial charge in [-0.25, -0.2) is 8.93 Å². The van der Waals surface area contributed by atoms with Crippen molar-refractivity contribution in [2.75, 3.05) is 14.2 Å². The van der Waals surface area contributed by atoms with E-state index in [1.807, 2.05) is 20.8 Å². The highest BCUT2D eigenvalue weighted by atomic mass is 35.5. The van der Waals surface area contributed by atoms with E-state index >= 15 is 0 Å². The Kier molecular flexibility index (Phi) is 6.28. The summed E-state index contributed by atoms with van der Waals surface area (Å²) in [6.07, 6.45) is 3.00. The largest absolute Gasteiger partial charge is 0.352 e. The van der Waals surface area contributed by atoms with E-state index in [9.17, 15) is 8.77 Å². The van der Waals surface area contributed by atoms with Crippen LogP contribution >= 0.6 is 19.2 Å². The van der Waals surface area contributed by atoms with E-state index < -0.39 is 34.0 Å². The minimum atomic E-state index is -3.50. The van der Waals surface area contributed by atoms with Crippen molar-refractivity contribution < 1.29 is 17.8 Å². The zero-order valence-electron chi connectivity index (χ0n) is 12.8. The van der Waals surface area contributed by atoms with Crippen LogP contribution in [0.4, 0.5) is 0 Å². The van der Waals surface area contributed by atoms with Gasteiger partial charge in [0.05, 0.1) is 21.1 Å². The highest BCUT2D eigenvalue weighted by Crippen LogP contribution is 2.64. The molecule has 0 bridgehead atoms. The summed E-state index contributed by atoms with van der Waals surface area (Å²) in [5, 5.41) is -1.55. The maximum Gasteiger partial charge on any atom is 0.352 e. The predicted octanol–water partition coefficient (Wildman–Crippen LogP) is 3.40. The van der Waals surface area contributed by atoms with Gasteiger partial charge >= 0.3 is 7.60 Å². The van der Waals surface area contributed by atoms with Crippen LogP contribution in [0.1, 0.15) is 46.5 Å². The first kappa shape index (κ1) is 18.6. The van der Waals surface area contributed by atoms with Gasteiger partial charge < -0.3 is 9.05 Å². The molecule has 8 heteroatoms. The maximum absolute atomic E-state index is 13.0. The molecule has 120 valence electrons. The van der Waals surface area contributed by atoms with E-state index in [1.165, 1.54) is 14.2 Å². The van der Waals surface area contributed by atoms with E-state index in [0.717, 1.165) is 12.8 Å². The fourth-order valence-corrected chi connectivity index (χ4v) is 6.32. The van der Waals surface area contributed by atoms with Crippen LogP contribution in [0, 0.1) is 0 Å². The summed E-state index contributed by atoms with van der Waals surface area (Å²) in [4.78, 5) is 0. The van der Waals surface area contributed by atoms with Gasteiger partial charge in [0.25, 0.3) is 0 Å². The van der Waals surface area contributed by atoms with Crippen LogP contribution < -0.4 is 4.72 Å². The van der Waals surface area contributed by atoms with Crippen molar-refractivity contribution in [3.63, 3.8) is 0 Å². The molecule has 1 saturated carbocycles. The Hall–Kier alpha value is 0.550. The minimum absolute atomic E-state index is 0.451. The van der Waals surface area contributed by atoms with Crippen molar-refractivity contribution in [3.05, 3.63) is 0 Å². The van der Waals surface area contributed by atoms with Crippen molar-refractivity contribution in [1.29, 1.82) is 0 Å². The Bertz CT molecular complexity index is 407. The number of hydrogen-bond donors (Lipinski definition) is 1. The molecule has 0 radical (unpaired) electrons. The SMILES string of the molecule is COP(=O)(OC)[C@]1(NS(=O)C(C)(C)C)CCCCC1Cl. The third kappa shape index (κ3) is 3.47. The van der Waals surface area contributed by atoms with E-state index in [4.69, 9.17) is 20.6 Å². The van der Waals surface area contributed by atoms with Crippen molar-refractivity contribution in [2.24, 2.45) is 0 Å². The van der Waals surface area contributed by atoms with Crippen LogP contribution in [0.25, 0.3) is 0 Å². The molecule has 5 nitrogen and oxygen atoms in total. The second-order valence-corrected chi connectivity index (χ2v) is 11.0. The Morgan fingerprint density at radius 2 is 1.85 bits per heavy atom. The lowest BCUT2D eigenvalue weighted by Gasteiger charge is -2.44. The molecule has 1 fully saturated rings. The summed E-state index contributed by atoms with van der Waals surface area (Å²) < 4.78 is 38.3. The molecule has 3 atom stereocenters. The smallest absolute Gasteiger partial charge is 0.311 e. The topological polar surface area (TPSA) is 64.6 Å². The fraction of sp³-hybridized carbons (Fsp3) is 1.00. The highest BCUT2D eigenvalue weighted by molar-refractivity contribution is 7.84. The number of alkyl halides is 1. The molecule has 1 aliphatic rings. The van der Waals surface area contributed by atoms with Gasteiger partial charge in [-0.2, -0.15) is 0 Å². The molecule has 1 N–H and O–H groups in total. The fourth-order valence-electron chi connectivity index (χ4n) is 2.31. The first-order chi connectivity index (χ1) is 9.13. The van der Waals surface area contributed by atoms with E-state index in [0.29, 0.717) is 12.8 Å². The monoisotopic (exact) mass is 345 g/mol. The standard InChI is InChI=1S/C12H25ClNO4PS/c1-11(2,3)20(16)14-12(19(15,17-4)18-5)9-7-6-8-10(12)13/h10,14H,6-9H2,1-5H3/t10?,12-,20?/m1/s1. The summed E-state index contributed by atoms with van der Waals surface area (Å²) in [5.74, 6) is 0. The summed E-state index contributed by atoms with van der Waals surface area (Å²) in [6, 6.07) is 0. The molecular formula is C12H25ClNO4PS. The molecule has 0 aromatic carbocycles.